The number of hydrogen-bond acceptors (Lipinski definition) is 3. The van der Waals surface area contributed by atoms with Gasteiger partial charge in [0.2, 0.25) is 0 Å². The van der Waals surface area contributed by atoms with Crippen LogP contribution < -0.4 is 4.89 Å². The van der Waals surface area contributed by atoms with Crippen molar-refractivity contribution in [1.82, 2.24) is 0 Å². The SMILES string of the molecule is C[N+](C)(C)CCOP(=O)([O-])O.P. The number of quaternary nitrogens is 1. The number of likely N-dealkylation sites (N-methyl/N-ethyl adjacent to an activating group) is 1. The third-order valence-corrected chi connectivity index (χ3v) is 1.53. The maximum absolute atomic E-state index is 10.1. The van der Waals surface area contributed by atoms with Crippen molar-refractivity contribution >= 4 is 17.7 Å². The number of nitrogens with zero attached hydrogens (tertiary/aromatic N) is 1. The van der Waals surface area contributed by atoms with E-state index in [1.54, 1.807) is 0 Å². The highest BCUT2D eigenvalue weighted by molar-refractivity contribution is 7.44. The van der Waals surface area contributed by atoms with Crippen LogP contribution >= 0.6 is 17.7 Å². The molecule has 0 saturated heterocycles. The standard InChI is InChI=1S/C5H14NO4P.H3P/c1-6(2,3)4-5-10-11(7,8)9;/h4-5H2,1-3H3,(H-,7,8,9);1H3. The van der Waals surface area contributed by atoms with E-state index in [1.165, 1.54) is 0 Å². The second kappa shape index (κ2) is 5.28. The van der Waals surface area contributed by atoms with Gasteiger partial charge in [-0.1, -0.05) is 0 Å². The third kappa shape index (κ3) is 13.1. The van der Waals surface area contributed by atoms with Crippen molar-refractivity contribution in [3.05, 3.63) is 0 Å². The summed E-state index contributed by atoms with van der Waals surface area (Å²) in [6.07, 6.45) is 0. The molecular formula is C5H17NO4P2. The molecule has 0 aromatic carbocycles. The van der Waals surface area contributed by atoms with Gasteiger partial charge >= 0.3 is 0 Å². The highest BCUT2D eigenvalue weighted by Crippen LogP contribution is 2.29. The molecule has 0 radical (unpaired) electrons. The average Bonchev–Trinajstić information content (AvgIpc) is 1.55. The minimum absolute atomic E-state index is 0. The Bertz CT molecular complexity index is 161. The zero-order valence-electron chi connectivity index (χ0n) is 7.69. The Morgan fingerprint density at radius 2 is 1.92 bits per heavy atom. The quantitative estimate of drug-likeness (QED) is 0.495. The minimum atomic E-state index is -4.51. The largest absolute Gasteiger partial charge is 0.756 e. The highest BCUT2D eigenvalue weighted by atomic mass is 31.2. The molecule has 12 heavy (non-hydrogen) atoms. The lowest BCUT2D eigenvalue weighted by molar-refractivity contribution is -0.870. The lowest BCUT2D eigenvalue weighted by Gasteiger charge is -2.25. The molecule has 2 atom stereocenters. The van der Waals surface area contributed by atoms with Crippen LogP contribution in [0.3, 0.4) is 0 Å². The van der Waals surface area contributed by atoms with Gasteiger partial charge in [0.15, 0.2) is 0 Å². The summed E-state index contributed by atoms with van der Waals surface area (Å²) in [7, 11) is 1.19. The molecule has 0 aliphatic carbocycles. The summed E-state index contributed by atoms with van der Waals surface area (Å²) in [6.45, 7) is 0.549. The molecule has 2 unspecified atom stereocenters. The molecule has 5 nitrogen and oxygen atoms in total. The molecular weight excluding hydrogens is 200 g/mol. The summed E-state index contributed by atoms with van der Waals surface area (Å²) in [5.41, 5.74) is 0. The van der Waals surface area contributed by atoms with Crippen molar-refractivity contribution < 1.29 is 23.4 Å². The third-order valence-electron chi connectivity index (χ3n) is 1.02. The van der Waals surface area contributed by atoms with Crippen molar-refractivity contribution in [2.24, 2.45) is 0 Å². The smallest absolute Gasteiger partial charge is 0.265 e. The van der Waals surface area contributed by atoms with Gasteiger partial charge in [-0.3, -0.25) is 4.57 Å². The normalized spacial score (nSPS) is 16.4. The molecule has 0 heterocycles. The van der Waals surface area contributed by atoms with E-state index in [1.807, 2.05) is 21.1 Å². The zero-order chi connectivity index (χ0) is 9.12. The lowest BCUT2D eigenvalue weighted by atomic mass is 10.5. The van der Waals surface area contributed by atoms with Crippen LogP contribution in [0.5, 0.6) is 0 Å². The molecule has 0 fully saturated rings. The van der Waals surface area contributed by atoms with Gasteiger partial charge in [-0.2, -0.15) is 9.90 Å². The second-order valence-corrected chi connectivity index (χ2v) is 4.51. The van der Waals surface area contributed by atoms with Crippen molar-refractivity contribution in [2.45, 2.75) is 0 Å². The first-order valence-electron chi connectivity index (χ1n) is 3.19. The Morgan fingerprint density at radius 1 is 1.50 bits per heavy atom. The number of phosphoric ester groups is 1. The van der Waals surface area contributed by atoms with Gasteiger partial charge in [0.1, 0.15) is 13.2 Å². The Kier molecular flexibility index (Phi) is 6.59. The van der Waals surface area contributed by atoms with Crippen LogP contribution in [-0.2, 0) is 9.09 Å². The molecule has 1 N–H and O–H groups in total. The predicted octanol–water partition coefficient (Wildman–Crippen LogP) is -0.772. The molecule has 0 aromatic heterocycles. The van der Waals surface area contributed by atoms with Crippen LogP contribution in [0, 0.1) is 0 Å². The van der Waals surface area contributed by atoms with Crippen LogP contribution in [0.15, 0.2) is 0 Å². The Morgan fingerprint density at radius 3 is 2.17 bits per heavy atom. The summed E-state index contributed by atoms with van der Waals surface area (Å²) < 4.78 is 14.8. The van der Waals surface area contributed by atoms with Crippen LogP contribution in [0.25, 0.3) is 0 Å². The molecule has 76 valence electrons. The van der Waals surface area contributed by atoms with Crippen LogP contribution in [-0.4, -0.2) is 43.7 Å². The first-order valence-corrected chi connectivity index (χ1v) is 4.69. The topological polar surface area (TPSA) is 69.6 Å². The van der Waals surface area contributed by atoms with Crippen LogP contribution in [0.1, 0.15) is 0 Å². The first kappa shape index (κ1) is 15.0. The maximum atomic E-state index is 10.1. The van der Waals surface area contributed by atoms with E-state index in [9.17, 15) is 9.46 Å². The fourth-order valence-electron chi connectivity index (χ4n) is 0.430. The molecule has 0 rings (SSSR count). The van der Waals surface area contributed by atoms with Crippen LogP contribution in [0.4, 0.5) is 0 Å². The van der Waals surface area contributed by atoms with E-state index in [2.05, 4.69) is 4.52 Å². The predicted molar refractivity (Wildman–Crippen MR) is 49.8 cm³/mol. The van der Waals surface area contributed by atoms with Gasteiger partial charge < -0.3 is 18.8 Å². The first-order chi connectivity index (χ1) is 4.71. The Labute approximate surface area is 76.2 Å². The molecule has 0 spiro atoms. The molecule has 0 aromatic rings. The Hall–Kier alpha value is 0.500. The minimum Gasteiger partial charge on any atom is -0.756 e. The number of phosphoric acid groups is 1. The van der Waals surface area contributed by atoms with E-state index >= 15 is 0 Å². The van der Waals surface area contributed by atoms with E-state index in [-0.39, 0.29) is 16.5 Å². The van der Waals surface area contributed by atoms with Gasteiger partial charge in [-0.25, -0.2) is 0 Å². The van der Waals surface area contributed by atoms with Crippen molar-refractivity contribution in [3.8, 4) is 0 Å². The summed E-state index contributed by atoms with van der Waals surface area (Å²) in [5, 5.41) is 0. The maximum Gasteiger partial charge on any atom is 0.265 e. The fraction of sp³-hybridized carbons (Fsp3) is 1.00. The van der Waals surface area contributed by atoms with Gasteiger partial charge in [-0.05, 0) is 0 Å². The molecule has 0 saturated carbocycles. The van der Waals surface area contributed by atoms with E-state index in [0.717, 1.165) is 0 Å². The average molecular weight is 217 g/mol. The molecule has 7 heteroatoms. The van der Waals surface area contributed by atoms with Crippen molar-refractivity contribution in [1.29, 1.82) is 0 Å². The number of rotatable bonds is 4. The highest BCUT2D eigenvalue weighted by Gasteiger charge is 2.08. The zero-order valence-corrected chi connectivity index (χ0v) is 10.00. The van der Waals surface area contributed by atoms with Gasteiger partial charge in [0.05, 0.1) is 21.1 Å². The van der Waals surface area contributed by atoms with Crippen molar-refractivity contribution in [2.75, 3.05) is 34.3 Å². The molecule has 0 aliphatic rings. The van der Waals surface area contributed by atoms with Gasteiger partial charge in [0.25, 0.3) is 7.82 Å². The summed E-state index contributed by atoms with van der Waals surface area (Å²) >= 11 is 0. The second-order valence-electron chi connectivity index (χ2n) is 3.32. The van der Waals surface area contributed by atoms with Gasteiger partial charge in [-0.15, -0.1) is 0 Å². The monoisotopic (exact) mass is 217 g/mol. The van der Waals surface area contributed by atoms with E-state index < -0.39 is 7.82 Å². The van der Waals surface area contributed by atoms with E-state index in [4.69, 9.17) is 4.89 Å². The Balaban J connectivity index is 0. The summed E-state index contributed by atoms with van der Waals surface area (Å²) in [4.78, 5) is 18.3. The van der Waals surface area contributed by atoms with E-state index in [0.29, 0.717) is 11.0 Å². The lowest BCUT2D eigenvalue weighted by Crippen LogP contribution is -2.37. The van der Waals surface area contributed by atoms with Crippen LogP contribution in [0.2, 0.25) is 0 Å². The van der Waals surface area contributed by atoms with Gasteiger partial charge in [0, 0.05) is 0 Å². The molecule has 0 bridgehead atoms. The molecule has 0 amide bonds. The summed E-state index contributed by atoms with van der Waals surface area (Å²) in [6, 6.07) is 0. The number of hydrogen-bond donors (Lipinski definition) is 1. The fourth-order valence-corrected chi connectivity index (χ4v) is 0.742. The summed E-state index contributed by atoms with van der Waals surface area (Å²) in [5.74, 6) is 0. The molecule has 0 aliphatic heterocycles. The van der Waals surface area contributed by atoms with Crippen molar-refractivity contribution in [3.63, 3.8) is 0 Å².